The van der Waals surface area contributed by atoms with Crippen molar-refractivity contribution in [3.8, 4) is 0 Å². The summed E-state index contributed by atoms with van der Waals surface area (Å²) in [5.74, 6) is -0.913. The lowest BCUT2D eigenvalue weighted by atomic mass is 10.2. The Morgan fingerprint density at radius 3 is 2.85 bits per heavy atom. The number of aromatic nitrogens is 1. The van der Waals surface area contributed by atoms with Crippen LogP contribution < -0.4 is 5.32 Å². The number of benzene rings is 1. The van der Waals surface area contributed by atoms with Crippen molar-refractivity contribution in [3.63, 3.8) is 0 Å². The minimum Gasteiger partial charge on any atom is -0.477 e. The zero-order valence-electron chi connectivity index (χ0n) is 11.2. The van der Waals surface area contributed by atoms with Crippen molar-refractivity contribution < 1.29 is 9.90 Å². The smallest absolute Gasteiger partial charge is 0.347 e. The molecule has 1 aromatic carbocycles. The van der Waals surface area contributed by atoms with Crippen LogP contribution in [-0.2, 0) is 6.42 Å². The molecule has 20 heavy (non-hydrogen) atoms. The van der Waals surface area contributed by atoms with Gasteiger partial charge in [-0.1, -0.05) is 46.7 Å². The first-order chi connectivity index (χ1) is 9.51. The first-order valence-electron chi connectivity index (χ1n) is 6.27. The van der Waals surface area contributed by atoms with Crippen molar-refractivity contribution in [3.05, 3.63) is 38.8 Å². The zero-order chi connectivity index (χ0) is 14.7. The molecule has 2 rings (SSSR count). The van der Waals surface area contributed by atoms with E-state index in [1.807, 2.05) is 32.0 Å². The Labute approximate surface area is 130 Å². The molecule has 2 N–H and O–H groups in total. The maximum absolute atomic E-state index is 11.2. The Balaban J connectivity index is 2.26. The number of carboxylic acids is 1. The highest BCUT2D eigenvalue weighted by Gasteiger charge is 2.16. The highest BCUT2D eigenvalue weighted by Crippen LogP contribution is 2.29. The standard InChI is InChI=1S/C14H15BrN2O2S/c1-3-4-11-12(13(18)19)20-14(17-11)16-9-6-5-8(2)10(15)7-9/h5-7H,3-4H2,1-2H3,(H,16,17)(H,18,19). The zero-order valence-corrected chi connectivity index (χ0v) is 13.6. The topological polar surface area (TPSA) is 62.2 Å². The van der Waals surface area contributed by atoms with Crippen LogP contribution >= 0.6 is 27.3 Å². The number of hydrogen-bond donors (Lipinski definition) is 2. The van der Waals surface area contributed by atoms with Gasteiger partial charge in [0.25, 0.3) is 0 Å². The molecule has 0 aliphatic carbocycles. The molecule has 0 saturated carbocycles. The van der Waals surface area contributed by atoms with Gasteiger partial charge in [0.05, 0.1) is 5.69 Å². The Kier molecular flexibility index (Phi) is 4.77. The molecule has 6 heteroatoms. The molecule has 106 valence electrons. The van der Waals surface area contributed by atoms with E-state index in [9.17, 15) is 9.90 Å². The van der Waals surface area contributed by atoms with Crippen molar-refractivity contribution in [1.29, 1.82) is 0 Å². The van der Waals surface area contributed by atoms with Gasteiger partial charge in [-0.3, -0.25) is 0 Å². The number of hydrogen-bond acceptors (Lipinski definition) is 4. The Morgan fingerprint density at radius 1 is 1.50 bits per heavy atom. The minimum absolute atomic E-state index is 0.320. The van der Waals surface area contributed by atoms with Crippen LogP contribution in [0.1, 0.15) is 34.3 Å². The van der Waals surface area contributed by atoms with Crippen LogP contribution in [0.4, 0.5) is 10.8 Å². The van der Waals surface area contributed by atoms with Gasteiger partial charge in [-0.05, 0) is 31.0 Å². The summed E-state index contributed by atoms with van der Waals surface area (Å²) in [6.45, 7) is 4.02. The van der Waals surface area contributed by atoms with Crippen molar-refractivity contribution in [1.82, 2.24) is 4.98 Å². The maximum Gasteiger partial charge on any atom is 0.347 e. The molecule has 0 fully saturated rings. The number of thiazole rings is 1. The number of aryl methyl sites for hydroxylation is 2. The highest BCUT2D eigenvalue weighted by molar-refractivity contribution is 9.10. The molecule has 0 atom stereocenters. The lowest BCUT2D eigenvalue weighted by Crippen LogP contribution is -1.98. The molecular weight excluding hydrogens is 340 g/mol. The molecule has 2 aromatic rings. The average molecular weight is 355 g/mol. The number of nitrogens with zero attached hydrogens (tertiary/aromatic N) is 1. The van der Waals surface area contributed by atoms with Gasteiger partial charge in [-0.2, -0.15) is 0 Å². The number of aromatic carboxylic acids is 1. The normalized spacial score (nSPS) is 10.6. The number of carbonyl (C=O) groups is 1. The summed E-state index contributed by atoms with van der Waals surface area (Å²) in [6, 6.07) is 5.89. The SMILES string of the molecule is CCCc1nc(Nc2ccc(C)c(Br)c2)sc1C(=O)O. The number of carboxylic acid groups (broad SMARTS) is 1. The summed E-state index contributed by atoms with van der Waals surface area (Å²) in [4.78, 5) is 15.9. The van der Waals surface area contributed by atoms with E-state index in [1.165, 1.54) is 11.3 Å². The van der Waals surface area contributed by atoms with Gasteiger partial charge < -0.3 is 10.4 Å². The van der Waals surface area contributed by atoms with E-state index in [0.717, 1.165) is 22.1 Å². The average Bonchev–Trinajstić information content (AvgIpc) is 2.77. The first-order valence-corrected chi connectivity index (χ1v) is 7.88. The fourth-order valence-corrected chi connectivity index (χ4v) is 3.02. The third-order valence-electron chi connectivity index (χ3n) is 2.80. The van der Waals surface area contributed by atoms with Gasteiger partial charge in [-0.25, -0.2) is 9.78 Å². The summed E-state index contributed by atoms with van der Waals surface area (Å²) >= 11 is 4.65. The molecule has 4 nitrogen and oxygen atoms in total. The van der Waals surface area contributed by atoms with Gasteiger partial charge in [0.1, 0.15) is 4.88 Å². The van der Waals surface area contributed by atoms with Crippen molar-refractivity contribution in [2.75, 3.05) is 5.32 Å². The monoisotopic (exact) mass is 354 g/mol. The van der Waals surface area contributed by atoms with E-state index in [4.69, 9.17) is 0 Å². The predicted octanol–water partition coefficient (Wildman–Crippen LogP) is 4.61. The third-order valence-corrected chi connectivity index (χ3v) is 4.66. The van der Waals surface area contributed by atoms with Gasteiger partial charge in [0, 0.05) is 10.2 Å². The molecule has 0 bridgehead atoms. The van der Waals surface area contributed by atoms with Crippen LogP contribution in [0, 0.1) is 6.92 Å². The minimum atomic E-state index is -0.913. The molecule has 0 radical (unpaired) electrons. The molecule has 1 heterocycles. The lowest BCUT2D eigenvalue weighted by Gasteiger charge is -2.04. The molecule has 0 aliphatic heterocycles. The number of rotatable bonds is 5. The second-order valence-corrected chi connectivity index (χ2v) is 6.29. The number of anilines is 2. The summed E-state index contributed by atoms with van der Waals surface area (Å²) in [7, 11) is 0. The molecule has 0 amide bonds. The molecule has 0 spiro atoms. The molecule has 0 unspecified atom stereocenters. The van der Waals surface area contributed by atoms with Crippen LogP contribution in [0.2, 0.25) is 0 Å². The maximum atomic E-state index is 11.2. The Hall–Kier alpha value is -1.40. The summed E-state index contributed by atoms with van der Waals surface area (Å²) in [6.07, 6.45) is 1.55. The molecular formula is C14H15BrN2O2S. The molecule has 0 saturated heterocycles. The van der Waals surface area contributed by atoms with Crippen molar-refractivity contribution in [2.24, 2.45) is 0 Å². The fraction of sp³-hybridized carbons (Fsp3) is 0.286. The van der Waals surface area contributed by atoms with Gasteiger partial charge in [-0.15, -0.1) is 0 Å². The van der Waals surface area contributed by atoms with E-state index < -0.39 is 5.97 Å². The predicted molar refractivity (Wildman–Crippen MR) is 85.2 cm³/mol. The van der Waals surface area contributed by atoms with Crippen molar-refractivity contribution >= 4 is 44.1 Å². The Bertz CT molecular complexity index is 640. The van der Waals surface area contributed by atoms with E-state index in [1.54, 1.807) is 0 Å². The fourth-order valence-electron chi connectivity index (χ4n) is 1.77. The summed E-state index contributed by atoms with van der Waals surface area (Å²) in [5, 5.41) is 13.0. The number of halogens is 1. The van der Waals surface area contributed by atoms with Crippen LogP contribution in [0.25, 0.3) is 0 Å². The highest BCUT2D eigenvalue weighted by atomic mass is 79.9. The molecule has 1 aromatic heterocycles. The largest absolute Gasteiger partial charge is 0.477 e. The number of nitrogens with one attached hydrogen (secondary N) is 1. The second-order valence-electron chi connectivity index (χ2n) is 4.44. The summed E-state index contributed by atoms with van der Waals surface area (Å²) < 4.78 is 1.01. The third kappa shape index (κ3) is 3.37. The second kappa shape index (κ2) is 6.37. The van der Waals surface area contributed by atoms with E-state index in [2.05, 4.69) is 26.2 Å². The van der Waals surface area contributed by atoms with Crippen LogP contribution in [-0.4, -0.2) is 16.1 Å². The van der Waals surface area contributed by atoms with Crippen LogP contribution in [0.5, 0.6) is 0 Å². The summed E-state index contributed by atoms with van der Waals surface area (Å²) in [5.41, 5.74) is 2.68. The Morgan fingerprint density at radius 2 is 2.25 bits per heavy atom. The lowest BCUT2D eigenvalue weighted by molar-refractivity contribution is 0.0700. The van der Waals surface area contributed by atoms with E-state index in [-0.39, 0.29) is 0 Å². The van der Waals surface area contributed by atoms with Gasteiger partial charge in [0.15, 0.2) is 5.13 Å². The van der Waals surface area contributed by atoms with Gasteiger partial charge in [0.2, 0.25) is 0 Å². The van der Waals surface area contributed by atoms with E-state index in [0.29, 0.717) is 22.1 Å². The van der Waals surface area contributed by atoms with Crippen LogP contribution in [0.15, 0.2) is 22.7 Å². The van der Waals surface area contributed by atoms with Gasteiger partial charge >= 0.3 is 5.97 Å². The molecule has 0 aliphatic rings. The first kappa shape index (κ1) is 15.0. The quantitative estimate of drug-likeness (QED) is 0.822. The van der Waals surface area contributed by atoms with Crippen molar-refractivity contribution in [2.45, 2.75) is 26.7 Å². The van der Waals surface area contributed by atoms with E-state index >= 15 is 0 Å². The van der Waals surface area contributed by atoms with Crippen LogP contribution in [0.3, 0.4) is 0 Å².